The van der Waals surface area contributed by atoms with Crippen LogP contribution in [0.3, 0.4) is 0 Å². The first-order valence-electron chi connectivity index (χ1n) is 6.16. The van der Waals surface area contributed by atoms with Gasteiger partial charge >= 0.3 is 6.18 Å². The summed E-state index contributed by atoms with van der Waals surface area (Å²) in [7, 11) is 1.53. The summed E-state index contributed by atoms with van der Waals surface area (Å²) in [5.74, 6) is 0.619. The van der Waals surface area contributed by atoms with E-state index in [1.54, 1.807) is 24.3 Å². The number of hydrogen-bond donors (Lipinski definition) is 1. The van der Waals surface area contributed by atoms with Crippen LogP contribution in [-0.2, 0) is 6.18 Å². The smallest absolute Gasteiger partial charge is 0.433 e. The lowest BCUT2D eigenvalue weighted by atomic mass is 10.3. The summed E-state index contributed by atoms with van der Waals surface area (Å²) in [5, 5.41) is 6.72. The predicted molar refractivity (Wildman–Crippen MR) is 72.1 cm³/mol. The number of rotatable bonds is 3. The Hall–Kier alpha value is -2.84. The molecule has 114 valence electrons. The summed E-state index contributed by atoms with van der Waals surface area (Å²) in [5.41, 5.74) is -0.457. The van der Waals surface area contributed by atoms with E-state index in [0.717, 1.165) is 12.4 Å². The number of nitrogens with zero attached hydrogens (tertiary/aromatic N) is 4. The van der Waals surface area contributed by atoms with Gasteiger partial charge in [0.2, 0.25) is 0 Å². The molecule has 6 nitrogen and oxygen atoms in total. The molecule has 0 bridgehead atoms. The normalized spacial score (nSPS) is 11.6. The van der Waals surface area contributed by atoms with Gasteiger partial charge in [0.05, 0.1) is 7.11 Å². The van der Waals surface area contributed by atoms with Crippen LogP contribution in [0.1, 0.15) is 5.69 Å². The van der Waals surface area contributed by atoms with Gasteiger partial charge in [-0.2, -0.15) is 27.8 Å². The summed E-state index contributed by atoms with van der Waals surface area (Å²) < 4.78 is 44.8. The third-order valence-corrected chi connectivity index (χ3v) is 2.90. The van der Waals surface area contributed by atoms with E-state index in [1.165, 1.54) is 11.6 Å². The topological polar surface area (TPSA) is 64.3 Å². The first kappa shape index (κ1) is 14.1. The SMILES string of the molecule is COc1ccc(Nc2cc(C(F)(F)F)nc3ncnn23)cc1. The third kappa shape index (κ3) is 2.65. The zero-order chi connectivity index (χ0) is 15.7. The molecule has 0 aliphatic heterocycles. The lowest BCUT2D eigenvalue weighted by Gasteiger charge is -2.11. The quantitative estimate of drug-likeness (QED) is 0.806. The van der Waals surface area contributed by atoms with E-state index in [0.29, 0.717) is 11.4 Å². The van der Waals surface area contributed by atoms with Crippen LogP contribution in [0.4, 0.5) is 24.7 Å². The van der Waals surface area contributed by atoms with Crippen LogP contribution >= 0.6 is 0 Å². The number of aromatic nitrogens is 4. The summed E-state index contributed by atoms with van der Waals surface area (Å²) in [6, 6.07) is 7.61. The van der Waals surface area contributed by atoms with Gasteiger partial charge in [0.15, 0.2) is 5.69 Å². The van der Waals surface area contributed by atoms with Crippen molar-refractivity contribution in [3.05, 3.63) is 42.4 Å². The van der Waals surface area contributed by atoms with Gasteiger partial charge in [0, 0.05) is 11.8 Å². The molecule has 1 N–H and O–H groups in total. The standard InChI is InChI=1S/C13H10F3N5O/c1-22-9-4-2-8(3-5-9)19-11-6-10(13(14,15)16)20-12-17-7-18-21(11)12/h2-7,19H,1H3. The first-order valence-corrected chi connectivity index (χ1v) is 6.16. The number of halogens is 3. The average Bonchev–Trinajstić information content (AvgIpc) is 2.96. The third-order valence-electron chi connectivity index (χ3n) is 2.90. The minimum absolute atomic E-state index is 0.111. The second-order valence-electron chi connectivity index (χ2n) is 4.35. The molecular weight excluding hydrogens is 299 g/mol. The molecule has 0 saturated heterocycles. The Morgan fingerprint density at radius 3 is 2.55 bits per heavy atom. The Morgan fingerprint density at radius 2 is 1.91 bits per heavy atom. The highest BCUT2D eigenvalue weighted by Gasteiger charge is 2.34. The lowest BCUT2D eigenvalue weighted by Crippen LogP contribution is -2.12. The number of benzene rings is 1. The monoisotopic (exact) mass is 309 g/mol. The number of nitrogens with one attached hydrogen (secondary N) is 1. The van der Waals surface area contributed by atoms with Gasteiger partial charge in [-0.15, -0.1) is 0 Å². The van der Waals surface area contributed by atoms with Gasteiger partial charge in [-0.05, 0) is 24.3 Å². The zero-order valence-electron chi connectivity index (χ0n) is 11.3. The van der Waals surface area contributed by atoms with Crippen molar-refractivity contribution in [3.8, 4) is 5.75 Å². The van der Waals surface area contributed by atoms with Crippen LogP contribution in [0.15, 0.2) is 36.7 Å². The number of fused-ring (bicyclic) bond motifs is 1. The van der Waals surface area contributed by atoms with Crippen molar-refractivity contribution in [2.45, 2.75) is 6.18 Å². The first-order chi connectivity index (χ1) is 10.5. The average molecular weight is 309 g/mol. The molecule has 0 radical (unpaired) electrons. The van der Waals surface area contributed by atoms with E-state index < -0.39 is 11.9 Å². The zero-order valence-corrected chi connectivity index (χ0v) is 11.3. The van der Waals surface area contributed by atoms with E-state index >= 15 is 0 Å². The van der Waals surface area contributed by atoms with Crippen LogP contribution in [0.2, 0.25) is 0 Å². The Bertz CT molecular complexity index is 798. The fourth-order valence-electron chi connectivity index (χ4n) is 1.87. The van der Waals surface area contributed by atoms with Crippen LogP contribution in [-0.4, -0.2) is 26.7 Å². The molecule has 9 heteroatoms. The highest BCUT2D eigenvalue weighted by Crippen LogP contribution is 2.30. The predicted octanol–water partition coefficient (Wildman–Crippen LogP) is 2.90. The molecule has 0 aliphatic rings. The Balaban J connectivity index is 2.02. The van der Waals surface area contributed by atoms with Crippen molar-refractivity contribution < 1.29 is 17.9 Å². The molecule has 0 unspecified atom stereocenters. The maximum Gasteiger partial charge on any atom is 0.433 e. The maximum absolute atomic E-state index is 12.9. The highest BCUT2D eigenvalue weighted by atomic mass is 19.4. The molecule has 3 rings (SSSR count). The number of alkyl halides is 3. The maximum atomic E-state index is 12.9. The fourth-order valence-corrected chi connectivity index (χ4v) is 1.87. The molecule has 2 heterocycles. The number of methoxy groups -OCH3 is 1. The minimum atomic E-state index is -4.57. The molecular formula is C13H10F3N5O. The Kier molecular flexibility index (Phi) is 3.32. The lowest BCUT2D eigenvalue weighted by molar-refractivity contribution is -0.141. The minimum Gasteiger partial charge on any atom is -0.497 e. The summed E-state index contributed by atoms with van der Waals surface area (Å²) in [6.07, 6.45) is -3.42. The van der Waals surface area contributed by atoms with Crippen molar-refractivity contribution in [3.63, 3.8) is 0 Å². The van der Waals surface area contributed by atoms with Crippen LogP contribution < -0.4 is 10.1 Å². The molecule has 0 spiro atoms. The van der Waals surface area contributed by atoms with Crippen molar-refractivity contribution >= 4 is 17.3 Å². The van der Waals surface area contributed by atoms with E-state index in [1.807, 2.05) is 0 Å². The fraction of sp³-hybridized carbons (Fsp3) is 0.154. The molecule has 0 atom stereocenters. The largest absolute Gasteiger partial charge is 0.497 e. The highest BCUT2D eigenvalue weighted by molar-refractivity contribution is 5.59. The molecule has 0 amide bonds. The number of hydrogen-bond acceptors (Lipinski definition) is 5. The molecule has 3 aromatic rings. The number of ether oxygens (including phenoxy) is 1. The van der Waals surface area contributed by atoms with E-state index in [9.17, 15) is 13.2 Å². The van der Waals surface area contributed by atoms with Gasteiger partial charge in [-0.1, -0.05) is 0 Å². The number of anilines is 2. The molecule has 1 aromatic carbocycles. The van der Waals surface area contributed by atoms with Gasteiger partial charge < -0.3 is 10.1 Å². The summed E-state index contributed by atoms with van der Waals surface area (Å²) >= 11 is 0. The van der Waals surface area contributed by atoms with Gasteiger partial charge in [0.25, 0.3) is 5.78 Å². The molecule has 0 fully saturated rings. The van der Waals surface area contributed by atoms with Crippen molar-refractivity contribution in [1.82, 2.24) is 19.6 Å². The van der Waals surface area contributed by atoms with Gasteiger partial charge in [-0.25, -0.2) is 4.98 Å². The van der Waals surface area contributed by atoms with Crippen molar-refractivity contribution in [2.75, 3.05) is 12.4 Å². The molecule has 22 heavy (non-hydrogen) atoms. The van der Waals surface area contributed by atoms with Gasteiger partial charge in [-0.3, -0.25) is 0 Å². The van der Waals surface area contributed by atoms with Crippen LogP contribution in [0, 0.1) is 0 Å². The summed E-state index contributed by atoms with van der Waals surface area (Å²) in [6.45, 7) is 0. The second-order valence-corrected chi connectivity index (χ2v) is 4.35. The Morgan fingerprint density at radius 1 is 1.18 bits per heavy atom. The Labute approximate surface area is 122 Å². The summed E-state index contributed by atoms with van der Waals surface area (Å²) in [4.78, 5) is 7.14. The van der Waals surface area contributed by atoms with Crippen molar-refractivity contribution in [1.29, 1.82) is 0 Å². The van der Waals surface area contributed by atoms with Crippen LogP contribution in [0.5, 0.6) is 5.75 Å². The molecule has 0 saturated carbocycles. The van der Waals surface area contributed by atoms with E-state index in [2.05, 4.69) is 20.4 Å². The van der Waals surface area contributed by atoms with E-state index in [-0.39, 0.29) is 11.6 Å². The van der Waals surface area contributed by atoms with E-state index in [4.69, 9.17) is 4.74 Å². The second kappa shape index (κ2) is 5.17. The molecule has 2 aromatic heterocycles. The van der Waals surface area contributed by atoms with Crippen molar-refractivity contribution in [2.24, 2.45) is 0 Å². The van der Waals surface area contributed by atoms with Crippen LogP contribution in [0.25, 0.3) is 5.78 Å². The molecule has 0 aliphatic carbocycles. The van der Waals surface area contributed by atoms with Gasteiger partial charge in [0.1, 0.15) is 17.9 Å².